The van der Waals surface area contributed by atoms with Crippen LogP contribution < -0.4 is 11.2 Å². The molecule has 3 rings (SSSR count). The molecular formula is C17H16FN3O2S. The van der Waals surface area contributed by atoms with Crippen molar-refractivity contribution in [2.75, 3.05) is 0 Å². The number of thioether (sulfide) groups is 1. The maximum absolute atomic E-state index is 13.0. The third-order valence-corrected chi connectivity index (χ3v) is 5.19. The fourth-order valence-electron chi connectivity index (χ4n) is 2.52. The molecule has 1 aromatic carbocycles. The highest BCUT2D eigenvalue weighted by molar-refractivity contribution is 7.98. The second kappa shape index (κ2) is 6.24. The van der Waals surface area contributed by atoms with E-state index in [1.165, 1.54) is 35.5 Å². The Morgan fingerprint density at radius 1 is 1.12 bits per heavy atom. The van der Waals surface area contributed by atoms with E-state index < -0.39 is 5.69 Å². The summed E-state index contributed by atoms with van der Waals surface area (Å²) in [5.74, 6) is 0.310. The summed E-state index contributed by atoms with van der Waals surface area (Å²) >= 11 is 1.48. The molecule has 0 bridgehead atoms. The van der Waals surface area contributed by atoms with Gasteiger partial charge >= 0.3 is 5.69 Å². The average molecular weight is 345 g/mol. The first-order valence-corrected chi connectivity index (χ1v) is 8.31. The largest absolute Gasteiger partial charge is 0.332 e. The smallest absolute Gasteiger partial charge is 0.280 e. The number of fused-ring (bicyclic) bond motifs is 1. The molecule has 0 spiro atoms. The van der Waals surface area contributed by atoms with Crippen LogP contribution in [-0.4, -0.2) is 14.1 Å². The minimum absolute atomic E-state index is 0.279. The lowest BCUT2D eigenvalue weighted by atomic mass is 10.2. The molecule has 0 amide bonds. The van der Waals surface area contributed by atoms with Gasteiger partial charge in [0, 0.05) is 30.9 Å². The van der Waals surface area contributed by atoms with Gasteiger partial charge in [-0.05, 0) is 30.2 Å². The Hall–Kier alpha value is -2.41. The van der Waals surface area contributed by atoms with Gasteiger partial charge in [0.1, 0.15) is 11.5 Å². The Kier molecular flexibility index (Phi) is 4.28. The first kappa shape index (κ1) is 16.4. The van der Waals surface area contributed by atoms with Crippen molar-refractivity contribution in [2.24, 2.45) is 14.1 Å². The average Bonchev–Trinajstić information content (AvgIpc) is 2.58. The summed E-state index contributed by atoms with van der Waals surface area (Å²) in [6, 6.07) is 6.26. The quantitative estimate of drug-likeness (QED) is 0.684. The molecule has 0 atom stereocenters. The van der Waals surface area contributed by atoms with E-state index in [0.29, 0.717) is 16.8 Å². The summed E-state index contributed by atoms with van der Waals surface area (Å²) in [4.78, 5) is 29.7. The second-order valence-electron chi connectivity index (χ2n) is 5.59. The van der Waals surface area contributed by atoms with Crippen molar-refractivity contribution in [1.82, 2.24) is 14.1 Å². The molecule has 3 aromatic rings. The van der Waals surface area contributed by atoms with Crippen molar-refractivity contribution in [3.8, 4) is 0 Å². The molecule has 2 aromatic heterocycles. The lowest BCUT2D eigenvalue weighted by Crippen LogP contribution is -2.37. The summed E-state index contributed by atoms with van der Waals surface area (Å²) in [5.41, 5.74) is 1.43. The zero-order valence-electron chi connectivity index (χ0n) is 13.5. The van der Waals surface area contributed by atoms with E-state index in [1.54, 1.807) is 25.4 Å². The van der Waals surface area contributed by atoms with Gasteiger partial charge in [-0.25, -0.2) is 14.2 Å². The summed E-state index contributed by atoms with van der Waals surface area (Å²) in [6.07, 6.45) is 1.66. The predicted molar refractivity (Wildman–Crippen MR) is 92.9 cm³/mol. The first-order valence-electron chi connectivity index (χ1n) is 7.32. The molecule has 0 aliphatic heterocycles. The molecule has 0 aliphatic rings. The highest BCUT2D eigenvalue weighted by Crippen LogP contribution is 2.30. The minimum atomic E-state index is -0.404. The second-order valence-corrected chi connectivity index (χ2v) is 6.58. The molecule has 24 heavy (non-hydrogen) atoms. The van der Waals surface area contributed by atoms with Gasteiger partial charge in [-0.1, -0.05) is 12.1 Å². The van der Waals surface area contributed by atoms with E-state index in [4.69, 9.17) is 0 Å². The van der Waals surface area contributed by atoms with Gasteiger partial charge in [-0.3, -0.25) is 13.9 Å². The van der Waals surface area contributed by atoms with Crippen LogP contribution in [-0.2, 0) is 19.8 Å². The van der Waals surface area contributed by atoms with Crippen LogP contribution in [0.25, 0.3) is 11.0 Å². The van der Waals surface area contributed by atoms with Gasteiger partial charge in [-0.15, -0.1) is 11.8 Å². The molecule has 0 saturated carbocycles. The van der Waals surface area contributed by atoms with Crippen molar-refractivity contribution < 1.29 is 4.39 Å². The van der Waals surface area contributed by atoms with Gasteiger partial charge in [0.25, 0.3) is 5.56 Å². The van der Waals surface area contributed by atoms with Gasteiger partial charge < -0.3 is 0 Å². The van der Waals surface area contributed by atoms with Crippen LogP contribution in [0.4, 0.5) is 4.39 Å². The summed E-state index contributed by atoms with van der Waals surface area (Å²) < 4.78 is 15.5. The molecule has 2 heterocycles. The Bertz CT molecular complexity index is 1040. The fourth-order valence-corrected chi connectivity index (χ4v) is 3.63. The molecule has 124 valence electrons. The molecular weight excluding hydrogens is 329 g/mol. The highest BCUT2D eigenvalue weighted by atomic mass is 32.2. The maximum atomic E-state index is 13.0. The van der Waals surface area contributed by atoms with Crippen molar-refractivity contribution >= 4 is 22.8 Å². The standard InChI is InChI=1S/C17H16FN3O2S/c1-10-8-19-15-13(16(22)21(3)17(23)20(15)2)14(10)24-9-11-4-6-12(18)7-5-11/h4-8H,9H2,1-3H3. The van der Waals surface area contributed by atoms with Crippen LogP contribution >= 0.6 is 11.8 Å². The van der Waals surface area contributed by atoms with Crippen LogP contribution in [0.5, 0.6) is 0 Å². The van der Waals surface area contributed by atoms with Crippen molar-refractivity contribution in [3.05, 3.63) is 68.2 Å². The zero-order chi connectivity index (χ0) is 17.4. The van der Waals surface area contributed by atoms with E-state index in [2.05, 4.69) is 4.98 Å². The molecule has 5 nitrogen and oxygen atoms in total. The number of pyridine rings is 1. The third-order valence-electron chi connectivity index (χ3n) is 3.90. The van der Waals surface area contributed by atoms with E-state index >= 15 is 0 Å². The van der Waals surface area contributed by atoms with Crippen LogP contribution in [0.2, 0.25) is 0 Å². The number of nitrogens with zero attached hydrogens (tertiary/aromatic N) is 3. The SMILES string of the molecule is Cc1cnc2c(c1SCc1ccc(F)cc1)c(=O)n(C)c(=O)n2C. The Labute approximate surface area is 141 Å². The monoisotopic (exact) mass is 345 g/mol. The van der Waals surface area contributed by atoms with Crippen LogP contribution in [0, 0.1) is 12.7 Å². The molecule has 0 radical (unpaired) electrons. The normalized spacial score (nSPS) is 11.2. The first-order chi connectivity index (χ1) is 11.4. The van der Waals surface area contributed by atoms with Gasteiger partial charge in [0.2, 0.25) is 0 Å². The Morgan fingerprint density at radius 3 is 2.46 bits per heavy atom. The topological polar surface area (TPSA) is 56.9 Å². The molecule has 0 fully saturated rings. The number of aryl methyl sites for hydroxylation is 2. The number of aromatic nitrogens is 3. The number of hydrogen-bond donors (Lipinski definition) is 0. The van der Waals surface area contributed by atoms with Gasteiger partial charge in [-0.2, -0.15) is 0 Å². The lowest BCUT2D eigenvalue weighted by Gasteiger charge is -2.12. The maximum Gasteiger partial charge on any atom is 0.332 e. The molecule has 7 heteroatoms. The minimum Gasteiger partial charge on any atom is -0.280 e. The molecule has 0 aliphatic carbocycles. The number of halogens is 1. The summed E-state index contributed by atoms with van der Waals surface area (Å²) in [7, 11) is 3.06. The Balaban J connectivity index is 2.13. The predicted octanol–water partition coefficient (Wildman–Crippen LogP) is 2.37. The molecule has 0 unspecified atom stereocenters. The van der Waals surface area contributed by atoms with Crippen LogP contribution in [0.3, 0.4) is 0 Å². The van der Waals surface area contributed by atoms with Crippen molar-refractivity contribution in [3.63, 3.8) is 0 Å². The van der Waals surface area contributed by atoms with Gasteiger partial charge in [0.05, 0.1) is 5.39 Å². The van der Waals surface area contributed by atoms with Crippen molar-refractivity contribution in [2.45, 2.75) is 17.6 Å². The van der Waals surface area contributed by atoms with E-state index in [1.807, 2.05) is 6.92 Å². The number of rotatable bonds is 3. The van der Waals surface area contributed by atoms with Crippen molar-refractivity contribution in [1.29, 1.82) is 0 Å². The summed E-state index contributed by atoms with van der Waals surface area (Å²) in [6.45, 7) is 1.88. The summed E-state index contributed by atoms with van der Waals surface area (Å²) in [5, 5.41) is 0.437. The lowest BCUT2D eigenvalue weighted by molar-refractivity contribution is 0.627. The highest BCUT2D eigenvalue weighted by Gasteiger charge is 2.16. The number of hydrogen-bond acceptors (Lipinski definition) is 4. The number of benzene rings is 1. The Morgan fingerprint density at radius 2 is 1.79 bits per heavy atom. The zero-order valence-corrected chi connectivity index (χ0v) is 14.4. The third kappa shape index (κ3) is 2.75. The fraction of sp³-hybridized carbons (Fsp3) is 0.235. The van der Waals surface area contributed by atoms with Crippen LogP contribution in [0.1, 0.15) is 11.1 Å². The molecule has 0 saturated heterocycles. The van der Waals surface area contributed by atoms with Crippen LogP contribution in [0.15, 0.2) is 44.9 Å². The van der Waals surface area contributed by atoms with E-state index in [0.717, 1.165) is 20.6 Å². The van der Waals surface area contributed by atoms with E-state index in [-0.39, 0.29) is 11.4 Å². The molecule has 0 N–H and O–H groups in total. The van der Waals surface area contributed by atoms with Gasteiger partial charge in [0.15, 0.2) is 0 Å². The van der Waals surface area contributed by atoms with E-state index in [9.17, 15) is 14.0 Å².